The number of hydrogen-bond donors (Lipinski definition) is 2. The Labute approximate surface area is 92.1 Å². The second-order valence-corrected chi connectivity index (χ2v) is 3.39. The quantitative estimate of drug-likeness (QED) is 0.818. The number of alkyl halides is 1. The van der Waals surface area contributed by atoms with Gasteiger partial charge in [0.2, 0.25) is 12.1 Å². The number of hydrogen-bond acceptors (Lipinski definition) is 2. The molecule has 0 heterocycles. The molecule has 4 nitrogen and oxygen atoms in total. The number of carboxylic acids is 1. The van der Waals surface area contributed by atoms with Crippen molar-refractivity contribution >= 4 is 17.6 Å². The molecular weight excluding hydrogens is 213 g/mol. The van der Waals surface area contributed by atoms with Crippen molar-refractivity contribution in [3.63, 3.8) is 0 Å². The van der Waals surface area contributed by atoms with Crippen molar-refractivity contribution in [3.8, 4) is 0 Å². The van der Waals surface area contributed by atoms with Crippen molar-refractivity contribution in [1.29, 1.82) is 0 Å². The maximum absolute atomic E-state index is 12.9. The van der Waals surface area contributed by atoms with E-state index in [-0.39, 0.29) is 12.3 Å². The van der Waals surface area contributed by atoms with Crippen molar-refractivity contribution < 1.29 is 19.1 Å². The minimum absolute atomic E-state index is 0.171. The summed E-state index contributed by atoms with van der Waals surface area (Å²) >= 11 is 0. The van der Waals surface area contributed by atoms with Gasteiger partial charge in [0.25, 0.3) is 0 Å². The third-order valence-corrected chi connectivity index (χ3v) is 1.96. The molecule has 0 aliphatic carbocycles. The molecule has 1 aromatic carbocycles. The van der Waals surface area contributed by atoms with Crippen LogP contribution in [-0.2, 0) is 16.0 Å². The average molecular weight is 225 g/mol. The van der Waals surface area contributed by atoms with Crippen molar-refractivity contribution in [2.75, 3.05) is 5.32 Å². The minimum Gasteiger partial charge on any atom is -0.479 e. The maximum Gasteiger partial charge on any atom is 0.338 e. The summed E-state index contributed by atoms with van der Waals surface area (Å²) in [4.78, 5) is 21.0. The molecule has 1 amide bonds. The van der Waals surface area contributed by atoms with Crippen molar-refractivity contribution in [2.24, 2.45) is 0 Å². The van der Waals surface area contributed by atoms with Gasteiger partial charge in [-0.2, -0.15) is 0 Å². The first-order chi connectivity index (χ1) is 7.49. The van der Waals surface area contributed by atoms with Gasteiger partial charge in [0, 0.05) is 19.0 Å². The van der Waals surface area contributed by atoms with Crippen LogP contribution in [-0.4, -0.2) is 23.2 Å². The van der Waals surface area contributed by atoms with Crippen LogP contribution in [0.5, 0.6) is 0 Å². The van der Waals surface area contributed by atoms with Crippen LogP contribution in [0.2, 0.25) is 0 Å². The Kier molecular flexibility index (Phi) is 3.99. The number of aliphatic carboxylic acids is 1. The van der Waals surface area contributed by atoms with E-state index in [2.05, 4.69) is 5.32 Å². The summed E-state index contributed by atoms with van der Waals surface area (Å²) < 4.78 is 12.9. The first-order valence-corrected chi connectivity index (χ1v) is 4.72. The highest BCUT2D eigenvalue weighted by atomic mass is 19.1. The van der Waals surface area contributed by atoms with Crippen LogP contribution in [0.25, 0.3) is 0 Å². The number of anilines is 1. The third-order valence-electron chi connectivity index (χ3n) is 1.96. The smallest absolute Gasteiger partial charge is 0.338 e. The van der Waals surface area contributed by atoms with Gasteiger partial charge in [-0.1, -0.05) is 12.1 Å². The summed E-state index contributed by atoms with van der Waals surface area (Å²) in [5.74, 6) is -1.66. The van der Waals surface area contributed by atoms with Crippen LogP contribution < -0.4 is 5.32 Å². The average Bonchev–Trinajstić information content (AvgIpc) is 2.20. The molecule has 5 heteroatoms. The number of rotatable bonds is 4. The summed E-state index contributed by atoms with van der Waals surface area (Å²) in [5, 5.41) is 10.9. The molecule has 86 valence electrons. The number of halogens is 1. The zero-order chi connectivity index (χ0) is 12.1. The lowest BCUT2D eigenvalue weighted by atomic mass is 10.1. The second kappa shape index (κ2) is 5.25. The predicted octanol–water partition coefficient (Wildman–Crippen LogP) is 1.61. The fourth-order valence-corrected chi connectivity index (χ4v) is 1.22. The molecule has 0 aliphatic heterocycles. The number of benzene rings is 1. The van der Waals surface area contributed by atoms with Gasteiger partial charge in [-0.15, -0.1) is 0 Å². The molecule has 1 atom stereocenters. The first kappa shape index (κ1) is 12.2. The summed E-state index contributed by atoms with van der Waals surface area (Å²) in [6, 6.07) is 6.37. The zero-order valence-electron chi connectivity index (χ0n) is 8.74. The molecular formula is C11H12FNO3. The van der Waals surface area contributed by atoms with Crippen molar-refractivity contribution in [1.82, 2.24) is 0 Å². The molecule has 1 unspecified atom stereocenters. The Morgan fingerprint density at radius 1 is 1.38 bits per heavy atom. The van der Waals surface area contributed by atoms with Gasteiger partial charge >= 0.3 is 5.97 Å². The normalized spacial score (nSPS) is 11.9. The van der Waals surface area contributed by atoms with E-state index < -0.39 is 12.1 Å². The van der Waals surface area contributed by atoms with Crippen molar-refractivity contribution in [2.45, 2.75) is 19.5 Å². The Morgan fingerprint density at radius 2 is 1.94 bits per heavy atom. The number of carbonyl (C=O) groups excluding carboxylic acids is 1. The summed E-state index contributed by atoms with van der Waals surface area (Å²) in [5.41, 5.74) is 1.17. The fraction of sp³-hybridized carbons (Fsp3) is 0.273. The van der Waals surface area contributed by atoms with Crippen LogP contribution in [0.1, 0.15) is 12.5 Å². The topological polar surface area (TPSA) is 66.4 Å². The monoisotopic (exact) mass is 225 g/mol. The molecule has 16 heavy (non-hydrogen) atoms. The second-order valence-electron chi connectivity index (χ2n) is 3.39. The van der Waals surface area contributed by atoms with E-state index in [1.54, 1.807) is 24.3 Å². The van der Waals surface area contributed by atoms with Gasteiger partial charge in [0.05, 0.1) is 0 Å². The third kappa shape index (κ3) is 3.68. The van der Waals surface area contributed by atoms with E-state index in [1.807, 2.05) is 0 Å². The standard InChI is InChI=1S/C11H12FNO3/c1-7(14)13-9-4-2-8(3-5-9)6-10(12)11(15)16/h2-5,10H,6H2,1H3,(H,13,14)(H,15,16). The number of carboxylic acid groups (broad SMARTS) is 1. The van der Waals surface area contributed by atoms with Crippen LogP contribution in [0.4, 0.5) is 10.1 Å². The SMILES string of the molecule is CC(=O)Nc1ccc(CC(F)C(=O)O)cc1. The highest BCUT2D eigenvalue weighted by Crippen LogP contribution is 2.12. The van der Waals surface area contributed by atoms with Gasteiger partial charge in [-0.3, -0.25) is 4.79 Å². The Morgan fingerprint density at radius 3 is 2.38 bits per heavy atom. The number of amides is 1. The minimum atomic E-state index is -1.90. The number of carbonyl (C=O) groups is 2. The van der Waals surface area contributed by atoms with E-state index in [0.717, 1.165) is 0 Å². The lowest BCUT2D eigenvalue weighted by Gasteiger charge is -2.05. The summed E-state index contributed by atoms with van der Waals surface area (Å²) in [6.07, 6.45) is -2.07. The van der Waals surface area contributed by atoms with Crippen LogP contribution in [0, 0.1) is 0 Å². The molecule has 2 N–H and O–H groups in total. The Hall–Kier alpha value is -1.91. The molecule has 0 aromatic heterocycles. The van der Waals surface area contributed by atoms with E-state index in [9.17, 15) is 14.0 Å². The first-order valence-electron chi connectivity index (χ1n) is 4.72. The molecule has 1 rings (SSSR count). The molecule has 0 spiro atoms. The van der Waals surface area contributed by atoms with Gasteiger partial charge in [0.1, 0.15) is 0 Å². The highest BCUT2D eigenvalue weighted by Gasteiger charge is 2.15. The van der Waals surface area contributed by atoms with Crippen LogP contribution in [0.15, 0.2) is 24.3 Å². The molecule has 0 aliphatic rings. The lowest BCUT2D eigenvalue weighted by Crippen LogP contribution is -2.17. The number of nitrogens with one attached hydrogen (secondary N) is 1. The Bertz CT molecular complexity index is 389. The molecule has 0 radical (unpaired) electrons. The predicted molar refractivity (Wildman–Crippen MR) is 57.0 cm³/mol. The van der Waals surface area contributed by atoms with E-state index >= 15 is 0 Å². The molecule has 0 bridgehead atoms. The van der Waals surface area contributed by atoms with Gasteiger partial charge in [0.15, 0.2) is 0 Å². The maximum atomic E-state index is 12.9. The van der Waals surface area contributed by atoms with E-state index in [0.29, 0.717) is 11.3 Å². The lowest BCUT2D eigenvalue weighted by molar-refractivity contribution is -0.142. The molecule has 0 fully saturated rings. The highest BCUT2D eigenvalue weighted by molar-refractivity contribution is 5.88. The molecule has 0 saturated carbocycles. The largest absolute Gasteiger partial charge is 0.479 e. The van der Waals surface area contributed by atoms with E-state index in [1.165, 1.54) is 6.92 Å². The summed E-state index contributed by atoms with van der Waals surface area (Å²) in [7, 11) is 0. The molecule has 0 saturated heterocycles. The van der Waals surface area contributed by atoms with Gasteiger partial charge in [-0.25, -0.2) is 9.18 Å². The van der Waals surface area contributed by atoms with Gasteiger partial charge < -0.3 is 10.4 Å². The fourth-order valence-electron chi connectivity index (χ4n) is 1.22. The van der Waals surface area contributed by atoms with Crippen LogP contribution >= 0.6 is 0 Å². The Balaban J connectivity index is 2.64. The van der Waals surface area contributed by atoms with E-state index in [4.69, 9.17) is 5.11 Å². The van der Waals surface area contributed by atoms with Gasteiger partial charge in [-0.05, 0) is 17.7 Å². The van der Waals surface area contributed by atoms with Crippen LogP contribution in [0.3, 0.4) is 0 Å². The summed E-state index contributed by atoms with van der Waals surface area (Å²) in [6.45, 7) is 1.38. The van der Waals surface area contributed by atoms with Crippen molar-refractivity contribution in [3.05, 3.63) is 29.8 Å². The zero-order valence-corrected chi connectivity index (χ0v) is 8.74. The molecule has 1 aromatic rings.